The van der Waals surface area contributed by atoms with Crippen LogP contribution in [0.1, 0.15) is 46.0 Å². The minimum absolute atomic E-state index is 0.791. The van der Waals surface area contributed by atoms with E-state index in [1.165, 1.54) is 32.1 Å². The third-order valence-corrected chi connectivity index (χ3v) is 4.81. The quantitative estimate of drug-likeness (QED) is 0.538. The average Bonchev–Trinajstić information content (AvgIpc) is 2.98. The van der Waals surface area contributed by atoms with Crippen molar-refractivity contribution in [3.63, 3.8) is 0 Å². The van der Waals surface area contributed by atoms with Crippen LogP contribution in [0.2, 0.25) is 0 Å². The summed E-state index contributed by atoms with van der Waals surface area (Å²) in [6.45, 7) is 8.65. The molecule has 1 aliphatic carbocycles. The minimum Gasteiger partial charge on any atom is -0.162 e. The van der Waals surface area contributed by atoms with Gasteiger partial charge in [-0.15, -0.1) is 6.58 Å². The van der Waals surface area contributed by atoms with Gasteiger partial charge in [-0.3, -0.25) is 0 Å². The third-order valence-electron chi connectivity index (χ3n) is 3.54. The van der Waals surface area contributed by atoms with E-state index in [0.717, 1.165) is 23.0 Å². The van der Waals surface area contributed by atoms with E-state index in [4.69, 9.17) is 0 Å². The van der Waals surface area contributed by atoms with E-state index < -0.39 is 0 Å². The van der Waals surface area contributed by atoms with Crippen molar-refractivity contribution in [2.24, 2.45) is 17.8 Å². The van der Waals surface area contributed by atoms with Crippen molar-refractivity contribution in [1.82, 2.24) is 0 Å². The summed E-state index contributed by atoms with van der Waals surface area (Å²) in [5, 5.41) is 0.830. The lowest BCUT2D eigenvalue weighted by molar-refractivity contribution is 0.410. The monoisotopic (exact) mass is 226 g/mol. The molecule has 1 aliphatic rings. The molecule has 1 fully saturated rings. The van der Waals surface area contributed by atoms with E-state index in [-0.39, 0.29) is 0 Å². The van der Waals surface area contributed by atoms with Gasteiger partial charge in [0.25, 0.3) is 0 Å². The lowest BCUT2D eigenvalue weighted by Crippen LogP contribution is -2.17. The van der Waals surface area contributed by atoms with Gasteiger partial charge in [0, 0.05) is 5.25 Å². The lowest BCUT2D eigenvalue weighted by atomic mass is 9.92. The SMILES string of the molecule is C=CCC(C)C(CC(C)CC1CC1)SC. The molecule has 0 aliphatic heterocycles. The van der Waals surface area contributed by atoms with Gasteiger partial charge in [0.05, 0.1) is 0 Å². The Bertz CT molecular complexity index is 184. The first kappa shape index (κ1) is 13.2. The Labute approximate surface area is 99.9 Å². The molecule has 0 N–H and O–H groups in total. The van der Waals surface area contributed by atoms with Crippen molar-refractivity contribution in [2.75, 3.05) is 6.26 Å². The molecule has 0 bridgehead atoms. The number of allylic oxidation sites excluding steroid dienone is 1. The van der Waals surface area contributed by atoms with Crippen LogP contribution in [0.5, 0.6) is 0 Å². The van der Waals surface area contributed by atoms with Crippen LogP contribution in [-0.4, -0.2) is 11.5 Å². The van der Waals surface area contributed by atoms with Crippen LogP contribution in [0.3, 0.4) is 0 Å². The molecule has 0 aromatic rings. The Morgan fingerprint density at radius 1 is 1.40 bits per heavy atom. The zero-order chi connectivity index (χ0) is 11.3. The molecule has 0 spiro atoms. The second kappa shape index (κ2) is 6.62. The fourth-order valence-electron chi connectivity index (χ4n) is 2.39. The van der Waals surface area contributed by atoms with Crippen molar-refractivity contribution >= 4 is 11.8 Å². The van der Waals surface area contributed by atoms with Gasteiger partial charge < -0.3 is 0 Å². The summed E-state index contributed by atoms with van der Waals surface area (Å²) in [6.07, 6.45) is 11.4. The maximum absolute atomic E-state index is 3.85. The van der Waals surface area contributed by atoms with Gasteiger partial charge in [0.2, 0.25) is 0 Å². The Hall–Kier alpha value is 0.0900. The van der Waals surface area contributed by atoms with Crippen LogP contribution in [0.4, 0.5) is 0 Å². The number of hydrogen-bond donors (Lipinski definition) is 0. The summed E-state index contributed by atoms with van der Waals surface area (Å²) in [4.78, 5) is 0. The zero-order valence-corrected chi connectivity index (χ0v) is 11.4. The Kier molecular flexibility index (Phi) is 5.81. The molecule has 0 aromatic carbocycles. The summed E-state index contributed by atoms with van der Waals surface area (Å²) in [5.74, 6) is 2.79. The maximum Gasteiger partial charge on any atom is 0.00754 e. The first-order valence-electron chi connectivity index (χ1n) is 6.31. The van der Waals surface area contributed by atoms with Crippen LogP contribution < -0.4 is 0 Å². The van der Waals surface area contributed by atoms with Gasteiger partial charge in [0.15, 0.2) is 0 Å². The second-order valence-corrected chi connectivity index (χ2v) is 6.37. The van der Waals surface area contributed by atoms with Crippen molar-refractivity contribution < 1.29 is 0 Å². The summed E-state index contributed by atoms with van der Waals surface area (Å²) in [5.41, 5.74) is 0. The molecule has 0 radical (unpaired) electrons. The minimum atomic E-state index is 0.791. The largest absolute Gasteiger partial charge is 0.162 e. The molecule has 0 nitrogen and oxygen atoms in total. The molecular formula is C14H26S. The molecule has 0 aromatic heterocycles. The second-order valence-electron chi connectivity index (χ2n) is 5.30. The fourth-order valence-corrected chi connectivity index (χ4v) is 3.49. The van der Waals surface area contributed by atoms with E-state index >= 15 is 0 Å². The molecule has 1 saturated carbocycles. The predicted molar refractivity (Wildman–Crippen MR) is 72.4 cm³/mol. The molecule has 15 heavy (non-hydrogen) atoms. The molecule has 3 atom stereocenters. The highest BCUT2D eigenvalue weighted by atomic mass is 32.2. The van der Waals surface area contributed by atoms with Crippen LogP contribution in [-0.2, 0) is 0 Å². The maximum atomic E-state index is 3.85. The van der Waals surface area contributed by atoms with Crippen molar-refractivity contribution in [3.8, 4) is 0 Å². The Balaban J connectivity index is 2.26. The van der Waals surface area contributed by atoms with Gasteiger partial charge in [-0.05, 0) is 43.3 Å². The van der Waals surface area contributed by atoms with Crippen LogP contribution in [0, 0.1) is 17.8 Å². The van der Waals surface area contributed by atoms with E-state index in [1.807, 2.05) is 11.8 Å². The standard InChI is InChI=1S/C14H26S/c1-5-6-12(3)14(15-4)10-11(2)9-13-7-8-13/h5,11-14H,1,6-10H2,2-4H3. The number of thioether (sulfide) groups is 1. The van der Waals surface area contributed by atoms with Crippen LogP contribution in [0.15, 0.2) is 12.7 Å². The lowest BCUT2D eigenvalue weighted by Gasteiger charge is -2.24. The predicted octanol–water partition coefficient (Wildman–Crippen LogP) is 4.76. The summed E-state index contributed by atoms with van der Waals surface area (Å²) < 4.78 is 0. The van der Waals surface area contributed by atoms with Crippen LogP contribution >= 0.6 is 11.8 Å². The zero-order valence-electron chi connectivity index (χ0n) is 10.5. The van der Waals surface area contributed by atoms with E-state index in [2.05, 4.69) is 32.8 Å². The van der Waals surface area contributed by atoms with Crippen molar-refractivity contribution in [3.05, 3.63) is 12.7 Å². The highest BCUT2D eigenvalue weighted by molar-refractivity contribution is 7.99. The molecule has 0 amide bonds. The summed E-state index contributed by atoms with van der Waals surface area (Å²) in [6, 6.07) is 0. The number of hydrogen-bond acceptors (Lipinski definition) is 1. The molecule has 0 saturated heterocycles. The smallest absolute Gasteiger partial charge is 0.00754 e. The first-order valence-corrected chi connectivity index (χ1v) is 7.59. The highest BCUT2D eigenvalue weighted by Gasteiger charge is 2.25. The first-order chi connectivity index (χ1) is 7.17. The van der Waals surface area contributed by atoms with Crippen LogP contribution in [0.25, 0.3) is 0 Å². The Morgan fingerprint density at radius 2 is 2.07 bits per heavy atom. The van der Waals surface area contributed by atoms with Crippen molar-refractivity contribution in [1.29, 1.82) is 0 Å². The fraction of sp³-hybridized carbons (Fsp3) is 0.857. The normalized spacial score (nSPS) is 22.1. The van der Waals surface area contributed by atoms with E-state index in [9.17, 15) is 0 Å². The highest BCUT2D eigenvalue weighted by Crippen LogP contribution is 2.38. The average molecular weight is 226 g/mol. The van der Waals surface area contributed by atoms with Gasteiger partial charge in [-0.1, -0.05) is 32.8 Å². The molecule has 1 rings (SSSR count). The Morgan fingerprint density at radius 3 is 2.53 bits per heavy atom. The topological polar surface area (TPSA) is 0 Å². The molecule has 3 unspecified atom stereocenters. The third kappa shape index (κ3) is 5.10. The van der Waals surface area contributed by atoms with Gasteiger partial charge in [0.1, 0.15) is 0 Å². The summed E-state index contributed by atoms with van der Waals surface area (Å²) >= 11 is 2.05. The number of rotatable bonds is 8. The molecule has 88 valence electrons. The van der Waals surface area contributed by atoms with Gasteiger partial charge in [-0.25, -0.2) is 0 Å². The molecular weight excluding hydrogens is 200 g/mol. The van der Waals surface area contributed by atoms with E-state index in [1.54, 1.807) is 0 Å². The van der Waals surface area contributed by atoms with Gasteiger partial charge >= 0.3 is 0 Å². The molecule has 1 heteroatoms. The van der Waals surface area contributed by atoms with Gasteiger partial charge in [-0.2, -0.15) is 11.8 Å². The summed E-state index contributed by atoms with van der Waals surface area (Å²) in [7, 11) is 0. The van der Waals surface area contributed by atoms with Crippen molar-refractivity contribution in [2.45, 2.75) is 51.2 Å². The van der Waals surface area contributed by atoms with E-state index in [0.29, 0.717) is 0 Å². The molecule has 0 heterocycles.